The highest BCUT2D eigenvalue weighted by atomic mass is 35.5. The zero-order valence-corrected chi connectivity index (χ0v) is 13.5. The lowest BCUT2D eigenvalue weighted by Crippen LogP contribution is -2.06. The first kappa shape index (κ1) is 15.8. The molecule has 0 aliphatic rings. The Labute approximate surface area is 131 Å². The van der Waals surface area contributed by atoms with Crippen molar-refractivity contribution in [2.75, 3.05) is 7.05 Å². The van der Waals surface area contributed by atoms with Crippen LogP contribution >= 0.6 is 11.6 Å². The van der Waals surface area contributed by atoms with E-state index >= 15 is 0 Å². The Hall–Kier alpha value is -1.58. The fourth-order valence-corrected chi connectivity index (χ4v) is 2.44. The van der Waals surface area contributed by atoms with Crippen molar-refractivity contribution in [2.45, 2.75) is 33.2 Å². The first-order valence-electron chi connectivity index (χ1n) is 7.20. The van der Waals surface area contributed by atoms with Crippen molar-refractivity contribution in [3.8, 4) is 11.6 Å². The van der Waals surface area contributed by atoms with E-state index in [9.17, 15) is 0 Å². The number of nitrogens with zero attached hydrogens (tertiary/aromatic N) is 1. The van der Waals surface area contributed by atoms with Crippen LogP contribution in [0.3, 0.4) is 0 Å². The molecule has 4 heteroatoms. The van der Waals surface area contributed by atoms with E-state index in [1.54, 1.807) is 0 Å². The molecule has 1 aromatic heterocycles. The zero-order chi connectivity index (χ0) is 15.2. The molecule has 2 aromatic rings. The predicted octanol–water partition coefficient (Wildman–Crippen LogP) is 4.51. The van der Waals surface area contributed by atoms with Crippen LogP contribution in [-0.4, -0.2) is 12.0 Å². The molecule has 1 aromatic carbocycles. The third kappa shape index (κ3) is 4.45. The lowest BCUT2D eigenvalue weighted by Gasteiger charge is -2.11. The van der Waals surface area contributed by atoms with E-state index in [4.69, 9.17) is 16.3 Å². The van der Waals surface area contributed by atoms with Gasteiger partial charge in [0.05, 0.1) is 5.02 Å². The highest BCUT2D eigenvalue weighted by molar-refractivity contribution is 6.32. The summed E-state index contributed by atoms with van der Waals surface area (Å²) in [5.41, 5.74) is 3.31. The van der Waals surface area contributed by atoms with E-state index in [1.165, 1.54) is 0 Å². The van der Waals surface area contributed by atoms with Gasteiger partial charge in [-0.3, -0.25) is 0 Å². The number of aromatic nitrogens is 1. The van der Waals surface area contributed by atoms with Gasteiger partial charge in [-0.2, -0.15) is 0 Å². The number of benzene rings is 1. The summed E-state index contributed by atoms with van der Waals surface area (Å²) in [7, 11) is 1.93. The zero-order valence-electron chi connectivity index (χ0n) is 12.7. The van der Waals surface area contributed by atoms with Gasteiger partial charge in [-0.05, 0) is 49.7 Å². The molecule has 0 aliphatic carbocycles. The van der Waals surface area contributed by atoms with Crippen LogP contribution in [0.4, 0.5) is 0 Å². The summed E-state index contributed by atoms with van der Waals surface area (Å²) in [6, 6.07) is 9.81. The average Bonchev–Trinajstić information content (AvgIpc) is 2.42. The van der Waals surface area contributed by atoms with Crippen molar-refractivity contribution in [1.82, 2.24) is 10.3 Å². The van der Waals surface area contributed by atoms with Gasteiger partial charge >= 0.3 is 0 Å². The molecule has 21 heavy (non-hydrogen) atoms. The van der Waals surface area contributed by atoms with E-state index in [2.05, 4.69) is 23.3 Å². The molecular formula is C17H21ClN2O. The van der Waals surface area contributed by atoms with E-state index in [0.29, 0.717) is 16.7 Å². The Morgan fingerprint density at radius 2 is 2.05 bits per heavy atom. The summed E-state index contributed by atoms with van der Waals surface area (Å²) >= 11 is 6.22. The van der Waals surface area contributed by atoms with Gasteiger partial charge in [0.1, 0.15) is 5.75 Å². The molecule has 0 saturated carbocycles. The van der Waals surface area contributed by atoms with Gasteiger partial charge < -0.3 is 10.1 Å². The van der Waals surface area contributed by atoms with Crippen LogP contribution in [0.1, 0.15) is 30.2 Å². The van der Waals surface area contributed by atoms with Gasteiger partial charge in [-0.1, -0.05) is 31.0 Å². The smallest absolute Gasteiger partial charge is 0.219 e. The second kappa shape index (κ2) is 7.43. The standard InChI is InChI=1S/C17H21ClN2O/c1-4-5-14-9-13(11-19-3)10-17(20-14)21-16-7-6-12(2)8-15(16)18/h6-10,19H,4-5,11H2,1-3H3. The number of nitrogens with one attached hydrogen (secondary N) is 1. The molecule has 0 unspecified atom stereocenters. The van der Waals surface area contributed by atoms with Gasteiger partial charge in [-0.15, -0.1) is 0 Å². The molecule has 3 nitrogen and oxygen atoms in total. The summed E-state index contributed by atoms with van der Waals surface area (Å²) in [5.74, 6) is 1.23. The van der Waals surface area contributed by atoms with E-state index in [1.807, 2.05) is 38.2 Å². The number of rotatable bonds is 6. The minimum absolute atomic E-state index is 0.594. The first-order chi connectivity index (χ1) is 10.1. The fourth-order valence-electron chi connectivity index (χ4n) is 2.16. The number of aryl methyl sites for hydroxylation is 2. The minimum Gasteiger partial charge on any atom is -0.437 e. The van der Waals surface area contributed by atoms with Crippen LogP contribution in [-0.2, 0) is 13.0 Å². The van der Waals surface area contributed by atoms with E-state index < -0.39 is 0 Å². The van der Waals surface area contributed by atoms with Gasteiger partial charge in [0, 0.05) is 18.3 Å². The first-order valence-corrected chi connectivity index (χ1v) is 7.58. The lowest BCUT2D eigenvalue weighted by molar-refractivity contribution is 0.459. The number of pyridine rings is 1. The third-order valence-corrected chi connectivity index (χ3v) is 3.40. The normalized spacial score (nSPS) is 10.7. The summed E-state index contributed by atoms with van der Waals surface area (Å²) in [6.45, 7) is 4.93. The molecule has 0 amide bonds. The lowest BCUT2D eigenvalue weighted by atomic mass is 10.1. The Morgan fingerprint density at radius 1 is 1.24 bits per heavy atom. The number of halogens is 1. The van der Waals surface area contributed by atoms with Crippen LogP contribution in [0.2, 0.25) is 5.02 Å². The molecule has 1 heterocycles. The largest absolute Gasteiger partial charge is 0.437 e. The Morgan fingerprint density at radius 3 is 2.71 bits per heavy atom. The average molecular weight is 305 g/mol. The predicted molar refractivity (Wildman–Crippen MR) is 87.3 cm³/mol. The van der Waals surface area contributed by atoms with Crippen LogP contribution < -0.4 is 10.1 Å². The van der Waals surface area contributed by atoms with Crippen LogP contribution in [0, 0.1) is 6.92 Å². The quantitative estimate of drug-likeness (QED) is 0.852. The second-order valence-electron chi connectivity index (χ2n) is 5.12. The maximum Gasteiger partial charge on any atom is 0.219 e. The Kier molecular flexibility index (Phi) is 5.59. The minimum atomic E-state index is 0.594. The van der Waals surface area contributed by atoms with Gasteiger partial charge in [0.15, 0.2) is 0 Å². The maximum absolute atomic E-state index is 6.22. The second-order valence-corrected chi connectivity index (χ2v) is 5.53. The molecule has 1 N–H and O–H groups in total. The number of hydrogen-bond donors (Lipinski definition) is 1. The SMILES string of the molecule is CCCc1cc(CNC)cc(Oc2ccc(C)cc2Cl)n1. The van der Waals surface area contributed by atoms with Crippen molar-refractivity contribution >= 4 is 11.6 Å². The Bertz CT molecular complexity index is 589. The highest BCUT2D eigenvalue weighted by Gasteiger charge is 2.07. The van der Waals surface area contributed by atoms with Gasteiger partial charge in [0.2, 0.25) is 5.88 Å². The summed E-state index contributed by atoms with van der Waals surface area (Å²) in [4.78, 5) is 4.56. The third-order valence-electron chi connectivity index (χ3n) is 3.10. The van der Waals surface area contributed by atoms with Crippen LogP contribution in [0.5, 0.6) is 11.6 Å². The van der Waals surface area contributed by atoms with Crippen molar-refractivity contribution in [1.29, 1.82) is 0 Å². The summed E-state index contributed by atoms with van der Waals surface area (Å²) < 4.78 is 5.87. The van der Waals surface area contributed by atoms with Crippen molar-refractivity contribution in [3.63, 3.8) is 0 Å². The number of hydrogen-bond acceptors (Lipinski definition) is 3. The summed E-state index contributed by atoms with van der Waals surface area (Å²) in [5, 5.41) is 3.76. The molecule has 0 saturated heterocycles. The Balaban J connectivity index is 2.29. The molecule has 0 spiro atoms. The molecule has 0 fully saturated rings. The van der Waals surface area contributed by atoms with E-state index in [-0.39, 0.29) is 0 Å². The topological polar surface area (TPSA) is 34.1 Å². The van der Waals surface area contributed by atoms with Gasteiger partial charge in [0.25, 0.3) is 0 Å². The molecule has 0 radical (unpaired) electrons. The van der Waals surface area contributed by atoms with Crippen molar-refractivity contribution in [2.24, 2.45) is 0 Å². The van der Waals surface area contributed by atoms with Crippen molar-refractivity contribution < 1.29 is 4.74 Å². The van der Waals surface area contributed by atoms with Crippen LogP contribution in [0.25, 0.3) is 0 Å². The molecule has 0 aliphatic heterocycles. The summed E-state index contributed by atoms with van der Waals surface area (Å²) in [6.07, 6.45) is 2.00. The monoisotopic (exact) mass is 304 g/mol. The van der Waals surface area contributed by atoms with Crippen molar-refractivity contribution in [3.05, 3.63) is 52.2 Å². The van der Waals surface area contributed by atoms with E-state index in [0.717, 1.165) is 36.2 Å². The molecule has 0 atom stereocenters. The molecule has 0 bridgehead atoms. The fraction of sp³-hybridized carbons (Fsp3) is 0.353. The van der Waals surface area contributed by atoms with Crippen LogP contribution in [0.15, 0.2) is 30.3 Å². The molecule has 2 rings (SSSR count). The highest BCUT2D eigenvalue weighted by Crippen LogP contribution is 2.29. The maximum atomic E-state index is 6.22. The molecular weight excluding hydrogens is 284 g/mol. The van der Waals surface area contributed by atoms with Gasteiger partial charge in [-0.25, -0.2) is 4.98 Å². The number of ether oxygens (including phenoxy) is 1. The molecule has 112 valence electrons.